The van der Waals surface area contributed by atoms with Crippen LogP contribution in [0.3, 0.4) is 0 Å². The van der Waals surface area contributed by atoms with Gasteiger partial charge in [0.2, 0.25) is 0 Å². The average molecular weight is 388 g/mol. The van der Waals surface area contributed by atoms with Gasteiger partial charge in [-0.15, -0.1) is 10.2 Å². The summed E-state index contributed by atoms with van der Waals surface area (Å²) in [6, 6.07) is 3.68. The van der Waals surface area contributed by atoms with E-state index in [2.05, 4.69) is 15.2 Å². The molecular formula is C18H20N4O4S. The molecule has 0 unspecified atom stereocenters. The quantitative estimate of drug-likeness (QED) is 0.359. The Morgan fingerprint density at radius 2 is 2.19 bits per heavy atom. The van der Waals surface area contributed by atoms with Crippen LogP contribution in [0.5, 0.6) is 0 Å². The lowest BCUT2D eigenvalue weighted by molar-refractivity contribution is 0.0525. The summed E-state index contributed by atoms with van der Waals surface area (Å²) in [5.41, 5.74) is 2.07. The van der Waals surface area contributed by atoms with Crippen molar-refractivity contribution in [2.75, 3.05) is 12.4 Å². The Labute approximate surface area is 160 Å². The summed E-state index contributed by atoms with van der Waals surface area (Å²) in [6.07, 6.45) is 3.20. The zero-order chi connectivity index (χ0) is 19.4. The molecule has 1 N–H and O–H groups in total. The van der Waals surface area contributed by atoms with Crippen molar-refractivity contribution in [3.63, 3.8) is 0 Å². The van der Waals surface area contributed by atoms with Gasteiger partial charge in [0.25, 0.3) is 0 Å². The first-order valence-electron chi connectivity index (χ1n) is 8.43. The number of aromatic nitrogens is 4. The molecule has 0 aliphatic carbocycles. The third-order valence-electron chi connectivity index (χ3n) is 4.01. The van der Waals surface area contributed by atoms with Crippen molar-refractivity contribution in [3.05, 3.63) is 53.0 Å². The maximum absolute atomic E-state index is 12.7. The molecule has 3 rings (SSSR count). The van der Waals surface area contributed by atoms with Gasteiger partial charge in [-0.2, -0.15) is 0 Å². The normalized spacial score (nSPS) is 10.9. The van der Waals surface area contributed by atoms with Gasteiger partial charge in [0.15, 0.2) is 10.9 Å². The molecule has 0 atom stereocenters. The van der Waals surface area contributed by atoms with Gasteiger partial charge in [-0.05, 0) is 38.5 Å². The summed E-state index contributed by atoms with van der Waals surface area (Å²) in [7, 11) is 0. The molecule has 0 saturated heterocycles. The van der Waals surface area contributed by atoms with Gasteiger partial charge in [0.1, 0.15) is 12.1 Å². The molecule has 0 amide bonds. The number of hydrogen-bond acceptors (Lipinski definition) is 7. The SMILES string of the molecule is CCOC(=O)c1c(C)[nH]c(C(=O)CSc2nncn2Cc2ccco2)c1C. The van der Waals surface area contributed by atoms with Crippen molar-refractivity contribution >= 4 is 23.5 Å². The molecule has 0 radical (unpaired) electrons. The van der Waals surface area contributed by atoms with E-state index in [4.69, 9.17) is 9.15 Å². The molecule has 3 heterocycles. The number of Topliss-reactive ketones (excluding diaryl/α,β-unsaturated/α-hetero) is 1. The predicted molar refractivity (Wildman–Crippen MR) is 99.1 cm³/mol. The number of ketones is 1. The number of esters is 1. The molecule has 142 valence electrons. The first kappa shape index (κ1) is 19.0. The van der Waals surface area contributed by atoms with Crippen LogP contribution in [0.1, 0.15) is 44.8 Å². The minimum Gasteiger partial charge on any atom is -0.467 e. The molecule has 0 aromatic carbocycles. The van der Waals surface area contributed by atoms with E-state index in [0.717, 1.165) is 5.76 Å². The number of nitrogens with zero attached hydrogens (tertiary/aromatic N) is 3. The number of hydrogen-bond donors (Lipinski definition) is 1. The highest BCUT2D eigenvalue weighted by Gasteiger charge is 2.23. The zero-order valence-electron chi connectivity index (χ0n) is 15.3. The van der Waals surface area contributed by atoms with E-state index >= 15 is 0 Å². The van der Waals surface area contributed by atoms with E-state index in [9.17, 15) is 9.59 Å². The first-order valence-corrected chi connectivity index (χ1v) is 9.42. The van der Waals surface area contributed by atoms with E-state index in [-0.39, 0.29) is 18.1 Å². The molecule has 3 aromatic heterocycles. The van der Waals surface area contributed by atoms with Crippen molar-refractivity contribution < 1.29 is 18.7 Å². The average Bonchev–Trinajstić information content (AvgIpc) is 3.35. The molecule has 3 aromatic rings. The number of carbonyl (C=O) groups excluding carboxylic acids is 2. The maximum Gasteiger partial charge on any atom is 0.340 e. The monoisotopic (exact) mass is 388 g/mol. The van der Waals surface area contributed by atoms with Crippen molar-refractivity contribution in [2.24, 2.45) is 0 Å². The van der Waals surface area contributed by atoms with Crippen LogP contribution in [0.15, 0.2) is 34.3 Å². The minimum atomic E-state index is -0.423. The summed E-state index contributed by atoms with van der Waals surface area (Å²) in [6.45, 7) is 6.02. The summed E-state index contributed by atoms with van der Waals surface area (Å²) in [5, 5.41) is 8.58. The van der Waals surface area contributed by atoms with Gasteiger partial charge in [-0.1, -0.05) is 11.8 Å². The van der Waals surface area contributed by atoms with Crippen LogP contribution in [-0.4, -0.2) is 43.9 Å². The lowest BCUT2D eigenvalue weighted by atomic mass is 10.1. The van der Waals surface area contributed by atoms with Crippen molar-refractivity contribution in [1.29, 1.82) is 0 Å². The number of aryl methyl sites for hydroxylation is 1. The van der Waals surface area contributed by atoms with Crippen LogP contribution in [0.2, 0.25) is 0 Å². The largest absolute Gasteiger partial charge is 0.467 e. The van der Waals surface area contributed by atoms with Crippen LogP contribution in [0.4, 0.5) is 0 Å². The molecular weight excluding hydrogens is 368 g/mol. The summed E-state index contributed by atoms with van der Waals surface area (Å²) < 4.78 is 12.2. The molecule has 0 aliphatic rings. The molecule has 0 saturated carbocycles. The fourth-order valence-electron chi connectivity index (χ4n) is 2.78. The topological polar surface area (TPSA) is 103 Å². The molecule has 0 aliphatic heterocycles. The van der Waals surface area contributed by atoms with Crippen LogP contribution in [0, 0.1) is 13.8 Å². The molecule has 0 spiro atoms. The summed E-state index contributed by atoms with van der Waals surface area (Å²) >= 11 is 1.28. The Balaban J connectivity index is 1.70. The van der Waals surface area contributed by atoms with Gasteiger partial charge < -0.3 is 18.7 Å². The fourth-order valence-corrected chi connectivity index (χ4v) is 3.56. The number of furan rings is 1. The molecule has 8 nitrogen and oxygen atoms in total. The highest BCUT2D eigenvalue weighted by molar-refractivity contribution is 7.99. The van der Waals surface area contributed by atoms with Crippen molar-refractivity contribution in [2.45, 2.75) is 32.5 Å². The second-order valence-corrected chi connectivity index (χ2v) is 6.82. The number of thioether (sulfide) groups is 1. The number of rotatable bonds is 8. The van der Waals surface area contributed by atoms with Crippen LogP contribution >= 0.6 is 11.8 Å². The first-order chi connectivity index (χ1) is 13.0. The fraction of sp³-hybridized carbons (Fsp3) is 0.333. The number of aromatic amines is 1. The van der Waals surface area contributed by atoms with E-state index < -0.39 is 5.97 Å². The van der Waals surface area contributed by atoms with Crippen LogP contribution in [-0.2, 0) is 11.3 Å². The van der Waals surface area contributed by atoms with Gasteiger partial charge in [-0.25, -0.2) is 4.79 Å². The predicted octanol–water partition coefficient (Wildman–Crippen LogP) is 3.02. The Hall–Kier alpha value is -2.81. The Morgan fingerprint density at radius 3 is 2.89 bits per heavy atom. The minimum absolute atomic E-state index is 0.122. The van der Waals surface area contributed by atoms with Crippen LogP contribution < -0.4 is 0 Å². The summed E-state index contributed by atoms with van der Waals surface area (Å²) in [4.78, 5) is 27.7. The zero-order valence-corrected chi connectivity index (χ0v) is 16.1. The number of ether oxygens (including phenoxy) is 1. The van der Waals surface area contributed by atoms with Crippen molar-refractivity contribution in [3.8, 4) is 0 Å². The molecule has 27 heavy (non-hydrogen) atoms. The second-order valence-electron chi connectivity index (χ2n) is 5.88. The third kappa shape index (κ3) is 4.13. The summed E-state index contributed by atoms with van der Waals surface area (Å²) in [5.74, 6) is 0.398. The molecule has 0 bridgehead atoms. The lowest BCUT2D eigenvalue weighted by Crippen LogP contribution is -2.09. The maximum atomic E-state index is 12.7. The Bertz CT molecular complexity index is 943. The van der Waals surface area contributed by atoms with Gasteiger partial charge in [-0.3, -0.25) is 4.79 Å². The highest BCUT2D eigenvalue weighted by atomic mass is 32.2. The van der Waals surface area contributed by atoms with E-state index in [1.807, 2.05) is 16.7 Å². The van der Waals surface area contributed by atoms with E-state index in [0.29, 0.717) is 34.2 Å². The second kappa shape index (κ2) is 8.26. The smallest absolute Gasteiger partial charge is 0.340 e. The Kier molecular flexibility index (Phi) is 5.80. The highest BCUT2D eigenvalue weighted by Crippen LogP contribution is 2.23. The van der Waals surface area contributed by atoms with Crippen LogP contribution in [0.25, 0.3) is 0 Å². The molecule has 0 fully saturated rings. The van der Waals surface area contributed by atoms with Gasteiger partial charge in [0.05, 0.1) is 36.4 Å². The van der Waals surface area contributed by atoms with Crippen molar-refractivity contribution in [1.82, 2.24) is 19.7 Å². The van der Waals surface area contributed by atoms with Gasteiger partial charge in [0, 0.05) is 5.69 Å². The Morgan fingerprint density at radius 1 is 1.37 bits per heavy atom. The molecule has 9 heteroatoms. The number of nitrogens with one attached hydrogen (secondary N) is 1. The van der Waals surface area contributed by atoms with E-state index in [1.54, 1.807) is 33.4 Å². The lowest BCUT2D eigenvalue weighted by Gasteiger charge is -2.04. The van der Waals surface area contributed by atoms with Gasteiger partial charge >= 0.3 is 5.97 Å². The number of H-pyrrole nitrogens is 1. The standard InChI is InChI=1S/C18H20N4O4S/c1-4-25-17(24)15-11(2)16(20-12(15)3)14(23)9-27-18-21-19-10-22(18)8-13-6-5-7-26-13/h5-7,10,20H,4,8-9H2,1-3H3. The van der Waals surface area contributed by atoms with E-state index in [1.165, 1.54) is 11.8 Å². The third-order valence-corrected chi connectivity index (χ3v) is 5.00. The number of carbonyl (C=O) groups is 2.